The molecule has 0 aromatic heterocycles. The van der Waals surface area contributed by atoms with Gasteiger partial charge in [0.15, 0.2) is 11.7 Å². The molecule has 0 radical (unpaired) electrons. The van der Waals surface area contributed by atoms with Crippen LogP contribution < -0.4 is 0 Å². The summed E-state index contributed by atoms with van der Waals surface area (Å²) in [4.78, 5) is 22.2. The molecule has 118 valence electrons. The molecule has 0 heterocycles. The van der Waals surface area contributed by atoms with Crippen LogP contribution in [-0.2, 0) is 19.1 Å². The van der Waals surface area contributed by atoms with E-state index in [1.54, 1.807) is 6.92 Å². The lowest BCUT2D eigenvalue weighted by molar-refractivity contribution is -0.151. The van der Waals surface area contributed by atoms with Crippen molar-refractivity contribution in [3.05, 3.63) is 11.6 Å². The maximum Gasteiger partial charge on any atom is 0.304 e. The SMILES string of the molecule is CC[C@@H](C#C[C@@](C)(CCC=C(C)C)OC(C)=O)OC(C)=O. The Morgan fingerprint density at radius 3 is 2.24 bits per heavy atom. The Morgan fingerprint density at radius 2 is 1.81 bits per heavy atom. The molecule has 0 fully saturated rings. The molecular formula is C17H26O4. The number of hydrogen-bond acceptors (Lipinski definition) is 4. The van der Waals surface area contributed by atoms with Gasteiger partial charge in [0, 0.05) is 20.3 Å². The Morgan fingerprint density at radius 1 is 1.19 bits per heavy atom. The molecule has 0 saturated heterocycles. The van der Waals surface area contributed by atoms with E-state index < -0.39 is 11.7 Å². The van der Waals surface area contributed by atoms with Crippen LogP contribution in [0.25, 0.3) is 0 Å². The summed E-state index contributed by atoms with van der Waals surface area (Å²) in [5, 5.41) is 0. The Bertz CT molecular complexity index is 449. The molecule has 0 amide bonds. The predicted molar refractivity (Wildman–Crippen MR) is 82.5 cm³/mol. The second-order valence-corrected chi connectivity index (χ2v) is 5.42. The molecule has 0 aromatic rings. The average molecular weight is 294 g/mol. The molecule has 0 aliphatic carbocycles. The first-order chi connectivity index (χ1) is 9.68. The van der Waals surface area contributed by atoms with Gasteiger partial charge in [-0.05, 0) is 33.6 Å². The zero-order chi connectivity index (χ0) is 16.5. The lowest BCUT2D eigenvalue weighted by atomic mass is 9.99. The van der Waals surface area contributed by atoms with Crippen molar-refractivity contribution in [2.45, 2.75) is 72.5 Å². The molecule has 0 N–H and O–H groups in total. The third-order valence-corrected chi connectivity index (χ3v) is 2.72. The van der Waals surface area contributed by atoms with Crippen LogP contribution in [0.5, 0.6) is 0 Å². The molecule has 0 saturated carbocycles. The lowest BCUT2D eigenvalue weighted by Gasteiger charge is -2.23. The van der Waals surface area contributed by atoms with Gasteiger partial charge >= 0.3 is 11.9 Å². The van der Waals surface area contributed by atoms with E-state index in [1.165, 1.54) is 19.4 Å². The molecular weight excluding hydrogens is 268 g/mol. The van der Waals surface area contributed by atoms with Gasteiger partial charge in [-0.1, -0.05) is 30.4 Å². The molecule has 0 aliphatic heterocycles. The topological polar surface area (TPSA) is 52.6 Å². The summed E-state index contributed by atoms with van der Waals surface area (Å²) >= 11 is 0. The fourth-order valence-electron chi connectivity index (χ4n) is 1.74. The first kappa shape index (κ1) is 19.2. The normalized spacial score (nSPS) is 14.0. The van der Waals surface area contributed by atoms with Crippen LogP contribution in [0, 0.1) is 11.8 Å². The standard InChI is InChI=1S/C17H26O4/c1-7-16(20-14(4)18)10-12-17(6,21-15(5)19)11-8-9-13(2)3/h9,16H,7-8,11H2,1-6H3/t16-,17+/m0/s1. The summed E-state index contributed by atoms with van der Waals surface area (Å²) in [7, 11) is 0. The number of carbonyl (C=O) groups excluding carboxylic acids is 2. The Kier molecular flexibility index (Phi) is 8.45. The molecule has 0 rings (SSSR count). The largest absolute Gasteiger partial charge is 0.449 e. The van der Waals surface area contributed by atoms with Crippen molar-refractivity contribution in [3.63, 3.8) is 0 Å². The van der Waals surface area contributed by atoms with Crippen molar-refractivity contribution in [2.75, 3.05) is 0 Å². The molecule has 4 heteroatoms. The second-order valence-electron chi connectivity index (χ2n) is 5.42. The predicted octanol–water partition coefficient (Wildman–Crippen LogP) is 3.40. The van der Waals surface area contributed by atoms with Crippen LogP contribution >= 0.6 is 0 Å². The van der Waals surface area contributed by atoms with Gasteiger partial charge < -0.3 is 9.47 Å². The zero-order valence-corrected chi connectivity index (χ0v) is 13.9. The summed E-state index contributed by atoms with van der Waals surface area (Å²) < 4.78 is 10.4. The van der Waals surface area contributed by atoms with Gasteiger partial charge in [0.05, 0.1) is 0 Å². The fraction of sp³-hybridized carbons (Fsp3) is 0.647. The van der Waals surface area contributed by atoms with E-state index in [0.29, 0.717) is 12.8 Å². The number of esters is 2. The van der Waals surface area contributed by atoms with E-state index in [1.807, 2.05) is 20.8 Å². The highest BCUT2D eigenvalue weighted by Crippen LogP contribution is 2.18. The van der Waals surface area contributed by atoms with Crippen molar-refractivity contribution in [2.24, 2.45) is 0 Å². The maximum absolute atomic E-state index is 11.3. The van der Waals surface area contributed by atoms with Gasteiger partial charge in [-0.25, -0.2) is 0 Å². The highest BCUT2D eigenvalue weighted by molar-refractivity contribution is 5.67. The van der Waals surface area contributed by atoms with Gasteiger partial charge in [0.25, 0.3) is 0 Å². The van der Waals surface area contributed by atoms with Crippen LogP contribution in [0.15, 0.2) is 11.6 Å². The Hall–Kier alpha value is -1.76. The van der Waals surface area contributed by atoms with Crippen molar-refractivity contribution >= 4 is 11.9 Å². The number of ether oxygens (including phenoxy) is 2. The molecule has 0 spiro atoms. The first-order valence-corrected chi connectivity index (χ1v) is 7.21. The van der Waals surface area contributed by atoms with Gasteiger partial charge in [-0.15, -0.1) is 0 Å². The van der Waals surface area contributed by atoms with Crippen LogP contribution in [-0.4, -0.2) is 23.6 Å². The van der Waals surface area contributed by atoms with E-state index >= 15 is 0 Å². The van der Waals surface area contributed by atoms with Gasteiger partial charge in [0.2, 0.25) is 0 Å². The first-order valence-electron chi connectivity index (χ1n) is 7.21. The number of allylic oxidation sites excluding steroid dienone is 2. The van der Waals surface area contributed by atoms with Crippen molar-refractivity contribution in [3.8, 4) is 11.8 Å². The summed E-state index contributed by atoms with van der Waals surface area (Å²) in [5.74, 6) is 5.12. The third kappa shape index (κ3) is 9.73. The second kappa shape index (κ2) is 9.23. The van der Waals surface area contributed by atoms with Gasteiger partial charge in [-0.3, -0.25) is 9.59 Å². The molecule has 0 aromatic carbocycles. The van der Waals surface area contributed by atoms with E-state index in [-0.39, 0.29) is 11.9 Å². The molecule has 4 nitrogen and oxygen atoms in total. The Balaban J connectivity index is 5.00. The third-order valence-electron chi connectivity index (χ3n) is 2.72. The van der Waals surface area contributed by atoms with E-state index in [9.17, 15) is 9.59 Å². The maximum atomic E-state index is 11.3. The van der Waals surface area contributed by atoms with Crippen molar-refractivity contribution in [1.82, 2.24) is 0 Å². The molecule has 0 unspecified atom stereocenters. The fourth-order valence-corrected chi connectivity index (χ4v) is 1.74. The Labute approximate surface area is 127 Å². The average Bonchev–Trinajstić information content (AvgIpc) is 2.32. The van der Waals surface area contributed by atoms with E-state index in [4.69, 9.17) is 9.47 Å². The van der Waals surface area contributed by atoms with Crippen LogP contribution in [0.1, 0.15) is 60.8 Å². The van der Waals surface area contributed by atoms with E-state index in [0.717, 1.165) is 6.42 Å². The van der Waals surface area contributed by atoms with Crippen LogP contribution in [0.4, 0.5) is 0 Å². The molecule has 21 heavy (non-hydrogen) atoms. The monoisotopic (exact) mass is 294 g/mol. The summed E-state index contributed by atoms with van der Waals surface area (Å²) in [6.45, 7) is 10.4. The summed E-state index contributed by atoms with van der Waals surface area (Å²) in [6.07, 6.45) is 3.57. The van der Waals surface area contributed by atoms with E-state index in [2.05, 4.69) is 17.9 Å². The quantitative estimate of drug-likeness (QED) is 0.428. The van der Waals surface area contributed by atoms with Crippen molar-refractivity contribution < 1.29 is 19.1 Å². The smallest absolute Gasteiger partial charge is 0.304 e. The number of hydrogen-bond donors (Lipinski definition) is 0. The molecule has 2 atom stereocenters. The zero-order valence-electron chi connectivity index (χ0n) is 13.9. The van der Waals surface area contributed by atoms with Crippen LogP contribution in [0.2, 0.25) is 0 Å². The highest BCUT2D eigenvalue weighted by Gasteiger charge is 2.24. The lowest BCUT2D eigenvalue weighted by Crippen LogP contribution is -2.29. The summed E-state index contributed by atoms with van der Waals surface area (Å²) in [5.41, 5.74) is 0.338. The minimum Gasteiger partial charge on any atom is -0.449 e. The molecule has 0 aliphatic rings. The van der Waals surface area contributed by atoms with Gasteiger partial charge in [0.1, 0.15) is 0 Å². The van der Waals surface area contributed by atoms with Crippen LogP contribution in [0.3, 0.4) is 0 Å². The number of rotatable bonds is 6. The minimum absolute atomic E-state index is 0.366. The number of carbonyl (C=O) groups is 2. The minimum atomic E-state index is -0.870. The summed E-state index contributed by atoms with van der Waals surface area (Å²) in [6, 6.07) is 0. The highest BCUT2D eigenvalue weighted by atomic mass is 16.6. The van der Waals surface area contributed by atoms with Crippen molar-refractivity contribution in [1.29, 1.82) is 0 Å². The molecule has 0 bridgehead atoms. The van der Waals surface area contributed by atoms with Gasteiger partial charge in [-0.2, -0.15) is 0 Å².